The van der Waals surface area contributed by atoms with Crippen LogP contribution in [0.4, 0.5) is 14.5 Å². The van der Waals surface area contributed by atoms with Gasteiger partial charge in [-0.05, 0) is 32.0 Å². The number of carbonyl (C=O) groups is 1. The van der Waals surface area contributed by atoms with Crippen molar-refractivity contribution in [3.8, 4) is 0 Å². The number of aryl methyl sites for hydroxylation is 2. The van der Waals surface area contributed by atoms with Gasteiger partial charge in [0.05, 0.1) is 5.75 Å². The van der Waals surface area contributed by atoms with E-state index in [1.54, 1.807) is 4.40 Å². The van der Waals surface area contributed by atoms with Gasteiger partial charge in [0.1, 0.15) is 0 Å². The number of fused-ring (bicyclic) bond motifs is 1. The van der Waals surface area contributed by atoms with Crippen LogP contribution < -0.4 is 5.32 Å². The normalized spacial score (nSPS) is 11.0. The van der Waals surface area contributed by atoms with Crippen LogP contribution in [-0.4, -0.2) is 31.2 Å². The van der Waals surface area contributed by atoms with Crippen LogP contribution >= 0.6 is 11.8 Å². The molecule has 0 aliphatic rings. The Balaban J connectivity index is 1.69. The van der Waals surface area contributed by atoms with Crippen molar-refractivity contribution >= 4 is 29.1 Å². The number of halogens is 2. The first-order chi connectivity index (χ1) is 11.4. The molecule has 0 fully saturated rings. The lowest BCUT2D eigenvalue weighted by Crippen LogP contribution is -2.14. The van der Waals surface area contributed by atoms with Crippen molar-refractivity contribution < 1.29 is 13.6 Å². The smallest absolute Gasteiger partial charge is 0.256 e. The van der Waals surface area contributed by atoms with Crippen LogP contribution in [0.2, 0.25) is 0 Å². The average molecular weight is 349 g/mol. The molecule has 0 saturated carbocycles. The molecule has 9 heteroatoms. The summed E-state index contributed by atoms with van der Waals surface area (Å²) in [5, 5.41) is 11.0. The van der Waals surface area contributed by atoms with Crippen molar-refractivity contribution in [3.63, 3.8) is 0 Å². The van der Waals surface area contributed by atoms with Crippen molar-refractivity contribution in [2.45, 2.75) is 19.0 Å². The highest BCUT2D eigenvalue weighted by Gasteiger charge is 2.13. The highest BCUT2D eigenvalue weighted by Crippen LogP contribution is 2.19. The number of nitrogens with one attached hydrogen (secondary N) is 1. The summed E-state index contributed by atoms with van der Waals surface area (Å²) in [5.41, 5.74) is 1.94. The van der Waals surface area contributed by atoms with E-state index in [-0.39, 0.29) is 17.3 Å². The molecule has 0 aliphatic carbocycles. The molecule has 0 bridgehead atoms. The highest BCUT2D eigenvalue weighted by atomic mass is 32.2. The molecule has 0 aliphatic heterocycles. The van der Waals surface area contributed by atoms with Gasteiger partial charge in [-0.15, -0.1) is 10.2 Å². The summed E-state index contributed by atoms with van der Waals surface area (Å²) in [6.07, 6.45) is 0. The molecule has 1 aromatic carbocycles. The molecule has 1 N–H and O–H groups in total. The Morgan fingerprint density at radius 1 is 1.21 bits per heavy atom. The van der Waals surface area contributed by atoms with Crippen molar-refractivity contribution in [2.24, 2.45) is 0 Å². The molecular formula is C15H13F2N5OS. The van der Waals surface area contributed by atoms with Crippen molar-refractivity contribution in [3.05, 3.63) is 47.3 Å². The molecule has 3 aromatic rings. The summed E-state index contributed by atoms with van der Waals surface area (Å²) >= 11 is 1.18. The minimum absolute atomic E-state index is 0.0487. The van der Waals surface area contributed by atoms with Crippen LogP contribution in [0.3, 0.4) is 0 Å². The quantitative estimate of drug-likeness (QED) is 0.733. The van der Waals surface area contributed by atoms with E-state index in [1.807, 2.05) is 19.9 Å². The van der Waals surface area contributed by atoms with E-state index in [0.717, 1.165) is 23.5 Å². The van der Waals surface area contributed by atoms with Crippen LogP contribution in [0.5, 0.6) is 0 Å². The lowest BCUT2D eigenvalue weighted by molar-refractivity contribution is -0.113. The molecule has 24 heavy (non-hydrogen) atoms. The molecular weight excluding hydrogens is 336 g/mol. The van der Waals surface area contributed by atoms with Gasteiger partial charge in [-0.25, -0.2) is 13.8 Å². The third kappa shape index (κ3) is 3.35. The van der Waals surface area contributed by atoms with E-state index in [2.05, 4.69) is 20.5 Å². The van der Waals surface area contributed by atoms with Crippen molar-refractivity contribution in [2.75, 3.05) is 11.1 Å². The minimum atomic E-state index is -1.01. The maximum Gasteiger partial charge on any atom is 0.256 e. The Morgan fingerprint density at radius 2 is 2.00 bits per heavy atom. The minimum Gasteiger partial charge on any atom is -0.325 e. The van der Waals surface area contributed by atoms with Gasteiger partial charge < -0.3 is 5.32 Å². The molecule has 124 valence electrons. The Labute approximate surface area is 140 Å². The number of amides is 1. The summed E-state index contributed by atoms with van der Waals surface area (Å²) in [5.74, 6) is -1.82. The summed E-state index contributed by atoms with van der Waals surface area (Å²) < 4.78 is 27.8. The summed E-state index contributed by atoms with van der Waals surface area (Å²) in [7, 11) is 0. The van der Waals surface area contributed by atoms with E-state index >= 15 is 0 Å². The fourth-order valence-corrected chi connectivity index (χ4v) is 2.98. The van der Waals surface area contributed by atoms with Gasteiger partial charge in [0.15, 0.2) is 16.8 Å². The molecule has 0 atom stereocenters. The van der Waals surface area contributed by atoms with Crippen molar-refractivity contribution in [1.82, 2.24) is 19.6 Å². The number of thioether (sulfide) groups is 1. The Bertz CT molecular complexity index is 928. The van der Waals surface area contributed by atoms with Gasteiger partial charge in [0.25, 0.3) is 5.78 Å². The zero-order chi connectivity index (χ0) is 17.3. The van der Waals surface area contributed by atoms with E-state index in [0.29, 0.717) is 10.9 Å². The standard InChI is InChI=1S/C15H13F2N5OS/c1-8-5-9(2)22-14(18-8)20-21-15(22)24-7-13(23)19-10-3-4-11(16)12(17)6-10/h3-6H,7H2,1-2H3,(H,19,23). The first kappa shape index (κ1) is 16.3. The Hall–Kier alpha value is -2.55. The monoisotopic (exact) mass is 349 g/mol. The number of aromatic nitrogens is 4. The fraction of sp³-hybridized carbons (Fsp3) is 0.200. The first-order valence-electron chi connectivity index (χ1n) is 7.01. The lowest BCUT2D eigenvalue weighted by Gasteiger charge is -2.06. The molecule has 0 saturated heterocycles. The topological polar surface area (TPSA) is 72.2 Å². The number of benzene rings is 1. The molecule has 6 nitrogen and oxygen atoms in total. The lowest BCUT2D eigenvalue weighted by atomic mass is 10.3. The molecule has 2 heterocycles. The summed E-state index contributed by atoms with van der Waals surface area (Å²) in [6, 6.07) is 5.08. The molecule has 0 unspecified atom stereocenters. The molecule has 0 radical (unpaired) electrons. The third-order valence-electron chi connectivity index (χ3n) is 3.20. The predicted molar refractivity (Wildman–Crippen MR) is 86.0 cm³/mol. The Kier molecular flexibility index (Phi) is 4.43. The van der Waals surface area contributed by atoms with Crippen molar-refractivity contribution in [1.29, 1.82) is 0 Å². The van der Waals surface area contributed by atoms with E-state index in [9.17, 15) is 13.6 Å². The number of carbonyl (C=O) groups excluding carboxylic acids is 1. The second-order valence-corrected chi connectivity index (χ2v) is 6.07. The summed E-state index contributed by atoms with van der Waals surface area (Å²) in [4.78, 5) is 16.2. The molecule has 0 spiro atoms. The van der Waals surface area contributed by atoms with Crippen LogP contribution in [0.15, 0.2) is 29.4 Å². The van der Waals surface area contributed by atoms with E-state index in [1.165, 1.54) is 17.8 Å². The largest absolute Gasteiger partial charge is 0.325 e. The third-order valence-corrected chi connectivity index (χ3v) is 4.13. The van der Waals surface area contributed by atoms with Gasteiger partial charge in [0, 0.05) is 23.1 Å². The number of hydrogen-bond acceptors (Lipinski definition) is 5. The van der Waals surface area contributed by atoms with Gasteiger partial charge in [-0.1, -0.05) is 11.8 Å². The zero-order valence-electron chi connectivity index (χ0n) is 12.9. The number of rotatable bonds is 4. The van der Waals surface area contributed by atoms with Crippen LogP contribution in [0.25, 0.3) is 5.78 Å². The van der Waals surface area contributed by atoms with E-state index in [4.69, 9.17) is 0 Å². The van der Waals surface area contributed by atoms with Crippen LogP contribution in [0.1, 0.15) is 11.4 Å². The number of anilines is 1. The SMILES string of the molecule is Cc1cc(C)n2c(SCC(=O)Nc3ccc(F)c(F)c3)nnc2n1. The Morgan fingerprint density at radius 3 is 2.75 bits per heavy atom. The van der Waals surface area contributed by atoms with Crippen LogP contribution in [-0.2, 0) is 4.79 Å². The van der Waals surface area contributed by atoms with E-state index < -0.39 is 11.6 Å². The van der Waals surface area contributed by atoms with Crippen LogP contribution in [0, 0.1) is 25.5 Å². The molecule has 2 aromatic heterocycles. The first-order valence-corrected chi connectivity index (χ1v) is 7.99. The van der Waals surface area contributed by atoms with Gasteiger partial charge in [-0.2, -0.15) is 0 Å². The second-order valence-electron chi connectivity index (χ2n) is 5.12. The van der Waals surface area contributed by atoms with Gasteiger partial charge >= 0.3 is 0 Å². The highest BCUT2D eigenvalue weighted by molar-refractivity contribution is 7.99. The van der Waals surface area contributed by atoms with Gasteiger partial charge in [-0.3, -0.25) is 9.20 Å². The second kappa shape index (κ2) is 6.52. The molecule has 3 rings (SSSR count). The molecule has 1 amide bonds. The zero-order valence-corrected chi connectivity index (χ0v) is 13.7. The maximum atomic E-state index is 13.1. The average Bonchev–Trinajstić information content (AvgIpc) is 2.92. The number of nitrogens with zero attached hydrogens (tertiary/aromatic N) is 4. The predicted octanol–water partition coefficient (Wildman–Crippen LogP) is 2.75. The number of hydrogen-bond donors (Lipinski definition) is 1. The maximum absolute atomic E-state index is 13.1. The fourth-order valence-electron chi connectivity index (χ4n) is 2.19. The summed E-state index contributed by atoms with van der Waals surface area (Å²) in [6.45, 7) is 3.76. The van der Waals surface area contributed by atoms with Gasteiger partial charge in [0.2, 0.25) is 5.91 Å².